The van der Waals surface area contributed by atoms with Crippen molar-refractivity contribution in [1.82, 2.24) is 10.2 Å². The second-order valence-electron chi connectivity index (χ2n) is 7.12. The van der Waals surface area contributed by atoms with E-state index in [9.17, 15) is 4.79 Å². The minimum absolute atomic E-state index is 0.0855. The maximum atomic E-state index is 12.0. The lowest BCUT2D eigenvalue weighted by molar-refractivity contribution is -0.120. The van der Waals surface area contributed by atoms with Crippen molar-refractivity contribution in [3.63, 3.8) is 0 Å². The SMILES string of the molecule is CCN(CC)CCCCNC(=O)Cc1ccc(OC(C)(C)C)cc1. The number of carbonyl (C=O) groups is 1. The molecule has 0 saturated heterocycles. The van der Waals surface area contributed by atoms with Crippen LogP contribution in [0.4, 0.5) is 0 Å². The Morgan fingerprint density at radius 2 is 1.71 bits per heavy atom. The first-order valence-corrected chi connectivity index (χ1v) is 9.11. The molecule has 24 heavy (non-hydrogen) atoms. The quantitative estimate of drug-likeness (QED) is 0.664. The molecule has 0 unspecified atom stereocenters. The van der Waals surface area contributed by atoms with E-state index in [0.717, 1.165) is 50.3 Å². The second kappa shape index (κ2) is 10.3. The van der Waals surface area contributed by atoms with Crippen LogP contribution in [0.25, 0.3) is 0 Å². The molecule has 0 fully saturated rings. The largest absolute Gasteiger partial charge is 0.488 e. The molecule has 1 aromatic rings. The number of amides is 1. The zero-order chi connectivity index (χ0) is 18.0. The molecular formula is C20H34N2O2. The van der Waals surface area contributed by atoms with Crippen molar-refractivity contribution in [2.24, 2.45) is 0 Å². The van der Waals surface area contributed by atoms with E-state index in [0.29, 0.717) is 6.42 Å². The Morgan fingerprint density at radius 3 is 2.25 bits per heavy atom. The van der Waals surface area contributed by atoms with Gasteiger partial charge in [-0.15, -0.1) is 0 Å². The summed E-state index contributed by atoms with van der Waals surface area (Å²) in [6, 6.07) is 7.78. The number of rotatable bonds is 10. The predicted molar refractivity (Wildman–Crippen MR) is 101 cm³/mol. The Morgan fingerprint density at radius 1 is 1.08 bits per heavy atom. The summed E-state index contributed by atoms with van der Waals surface area (Å²) < 4.78 is 5.79. The fraction of sp³-hybridized carbons (Fsp3) is 0.650. The van der Waals surface area contributed by atoms with Crippen LogP contribution in [0.5, 0.6) is 5.75 Å². The number of ether oxygens (including phenoxy) is 1. The number of hydrogen-bond donors (Lipinski definition) is 1. The fourth-order valence-electron chi connectivity index (χ4n) is 2.50. The predicted octanol–water partition coefficient (Wildman–Crippen LogP) is 3.64. The van der Waals surface area contributed by atoms with Gasteiger partial charge in [-0.1, -0.05) is 26.0 Å². The lowest BCUT2D eigenvalue weighted by Crippen LogP contribution is -2.28. The van der Waals surface area contributed by atoms with Gasteiger partial charge < -0.3 is 15.0 Å². The summed E-state index contributed by atoms with van der Waals surface area (Å²) >= 11 is 0. The van der Waals surface area contributed by atoms with Crippen LogP contribution in [0.15, 0.2) is 24.3 Å². The summed E-state index contributed by atoms with van der Waals surface area (Å²) in [6.07, 6.45) is 2.58. The Balaban J connectivity index is 2.25. The minimum atomic E-state index is -0.204. The van der Waals surface area contributed by atoms with Crippen LogP contribution >= 0.6 is 0 Å². The van der Waals surface area contributed by atoms with Crippen molar-refractivity contribution < 1.29 is 9.53 Å². The molecule has 0 radical (unpaired) electrons. The maximum absolute atomic E-state index is 12.0. The van der Waals surface area contributed by atoms with Crippen LogP contribution in [-0.4, -0.2) is 42.6 Å². The highest BCUT2D eigenvalue weighted by Crippen LogP contribution is 2.18. The van der Waals surface area contributed by atoms with Gasteiger partial charge in [0.2, 0.25) is 5.91 Å². The highest BCUT2D eigenvalue weighted by Gasteiger charge is 2.11. The number of benzene rings is 1. The maximum Gasteiger partial charge on any atom is 0.224 e. The monoisotopic (exact) mass is 334 g/mol. The summed E-state index contributed by atoms with van der Waals surface area (Å²) in [5.74, 6) is 0.922. The van der Waals surface area contributed by atoms with Gasteiger partial charge in [-0.25, -0.2) is 0 Å². The normalized spacial score (nSPS) is 11.6. The van der Waals surface area contributed by atoms with Crippen LogP contribution in [0.2, 0.25) is 0 Å². The molecule has 4 heteroatoms. The van der Waals surface area contributed by atoms with Gasteiger partial charge in [0.15, 0.2) is 0 Å². The summed E-state index contributed by atoms with van der Waals surface area (Å²) in [5.41, 5.74) is 0.807. The molecule has 0 spiro atoms. The van der Waals surface area contributed by atoms with E-state index in [2.05, 4.69) is 24.1 Å². The third-order valence-electron chi connectivity index (χ3n) is 3.83. The van der Waals surface area contributed by atoms with Crippen LogP contribution in [-0.2, 0) is 11.2 Å². The topological polar surface area (TPSA) is 41.6 Å². The molecule has 0 aromatic heterocycles. The highest BCUT2D eigenvalue weighted by atomic mass is 16.5. The Bertz CT molecular complexity index is 473. The Kier molecular flexibility index (Phi) is 8.83. The third kappa shape index (κ3) is 8.92. The second-order valence-corrected chi connectivity index (χ2v) is 7.12. The van der Waals surface area contributed by atoms with E-state index in [1.54, 1.807) is 0 Å². The molecule has 0 saturated carbocycles. The van der Waals surface area contributed by atoms with E-state index in [1.807, 2.05) is 45.0 Å². The first-order valence-electron chi connectivity index (χ1n) is 9.11. The van der Waals surface area contributed by atoms with Crippen molar-refractivity contribution in [3.05, 3.63) is 29.8 Å². The van der Waals surface area contributed by atoms with E-state index in [4.69, 9.17) is 4.74 Å². The molecule has 0 aliphatic rings. The van der Waals surface area contributed by atoms with Crippen LogP contribution < -0.4 is 10.1 Å². The lowest BCUT2D eigenvalue weighted by Gasteiger charge is -2.21. The van der Waals surface area contributed by atoms with E-state index in [-0.39, 0.29) is 11.5 Å². The molecule has 1 rings (SSSR count). The molecular weight excluding hydrogens is 300 g/mol. The van der Waals surface area contributed by atoms with E-state index < -0.39 is 0 Å². The highest BCUT2D eigenvalue weighted by molar-refractivity contribution is 5.78. The Hall–Kier alpha value is -1.55. The first-order chi connectivity index (χ1) is 11.3. The molecule has 0 aliphatic heterocycles. The minimum Gasteiger partial charge on any atom is -0.488 e. The number of unbranched alkanes of at least 4 members (excludes halogenated alkanes) is 1. The smallest absolute Gasteiger partial charge is 0.224 e. The summed E-state index contributed by atoms with van der Waals surface area (Å²) in [5, 5.41) is 3.01. The average Bonchev–Trinajstić information content (AvgIpc) is 2.51. The van der Waals surface area contributed by atoms with Gasteiger partial charge in [0.1, 0.15) is 11.4 Å². The number of carbonyl (C=O) groups excluding carboxylic acids is 1. The van der Waals surface area contributed by atoms with Gasteiger partial charge >= 0.3 is 0 Å². The number of nitrogens with zero attached hydrogens (tertiary/aromatic N) is 1. The molecule has 1 aromatic carbocycles. The number of nitrogens with one attached hydrogen (secondary N) is 1. The lowest BCUT2D eigenvalue weighted by atomic mass is 10.1. The standard InChI is InChI=1S/C20H34N2O2/c1-6-22(7-2)15-9-8-14-21-19(23)16-17-10-12-18(13-11-17)24-20(3,4)5/h10-13H,6-9,14-16H2,1-5H3,(H,21,23). The molecule has 0 atom stereocenters. The van der Waals surface area contributed by atoms with Crippen molar-refractivity contribution >= 4 is 5.91 Å². The van der Waals surface area contributed by atoms with Gasteiger partial charge in [-0.3, -0.25) is 4.79 Å². The van der Waals surface area contributed by atoms with Gasteiger partial charge in [0.25, 0.3) is 0 Å². The van der Waals surface area contributed by atoms with Gasteiger partial charge in [-0.2, -0.15) is 0 Å². The molecule has 4 nitrogen and oxygen atoms in total. The zero-order valence-corrected chi connectivity index (χ0v) is 16.0. The third-order valence-corrected chi connectivity index (χ3v) is 3.83. The van der Waals surface area contributed by atoms with Crippen molar-refractivity contribution in [3.8, 4) is 5.75 Å². The molecule has 1 amide bonds. The summed E-state index contributed by atoms with van der Waals surface area (Å²) in [4.78, 5) is 14.4. The van der Waals surface area contributed by atoms with Crippen LogP contribution in [0.1, 0.15) is 53.0 Å². The zero-order valence-electron chi connectivity index (χ0n) is 16.0. The summed E-state index contributed by atoms with van der Waals surface area (Å²) in [7, 11) is 0. The molecule has 0 bridgehead atoms. The van der Waals surface area contributed by atoms with Crippen LogP contribution in [0.3, 0.4) is 0 Å². The van der Waals surface area contributed by atoms with E-state index >= 15 is 0 Å². The first kappa shape index (κ1) is 20.5. The Labute approximate surface area is 147 Å². The van der Waals surface area contributed by atoms with Gasteiger partial charge in [0, 0.05) is 6.54 Å². The molecule has 0 heterocycles. The van der Waals surface area contributed by atoms with Crippen molar-refractivity contribution in [2.75, 3.05) is 26.2 Å². The van der Waals surface area contributed by atoms with Crippen LogP contribution in [0, 0.1) is 0 Å². The summed E-state index contributed by atoms with van der Waals surface area (Å²) in [6.45, 7) is 14.5. The van der Waals surface area contributed by atoms with Gasteiger partial charge in [0.05, 0.1) is 6.42 Å². The molecule has 0 aliphatic carbocycles. The number of hydrogen-bond acceptors (Lipinski definition) is 3. The fourth-order valence-corrected chi connectivity index (χ4v) is 2.50. The van der Waals surface area contributed by atoms with E-state index in [1.165, 1.54) is 0 Å². The van der Waals surface area contributed by atoms with Gasteiger partial charge in [-0.05, 0) is 70.9 Å². The molecule has 136 valence electrons. The van der Waals surface area contributed by atoms with Crippen molar-refractivity contribution in [1.29, 1.82) is 0 Å². The van der Waals surface area contributed by atoms with Crippen molar-refractivity contribution in [2.45, 2.75) is 59.5 Å². The molecule has 1 N–H and O–H groups in total. The average molecular weight is 335 g/mol.